The van der Waals surface area contributed by atoms with Gasteiger partial charge in [0.15, 0.2) is 5.01 Å². The summed E-state index contributed by atoms with van der Waals surface area (Å²) in [5.41, 5.74) is 2.17. The number of methoxy groups -OCH3 is 1. The summed E-state index contributed by atoms with van der Waals surface area (Å²) in [5.74, 6) is 0. The molecule has 1 amide bonds. The molecule has 11 heteroatoms. The van der Waals surface area contributed by atoms with Gasteiger partial charge in [0.05, 0.1) is 19.3 Å². The van der Waals surface area contributed by atoms with Crippen molar-refractivity contribution in [3.8, 4) is 10.7 Å². The van der Waals surface area contributed by atoms with E-state index in [0.717, 1.165) is 5.56 Å². The van der Waals surface area contributed by atoms with E-state index < -0.39 is 17.1 Å². The molecule has 2 aromatic heterocycles. The number of halogens is 4. The fourth-order valence-corrected chi connectivity index (χ4v) is 4.62. The predicted molar refractivity (Wildman–Crippen MR) is 123 cm³/mol. The van der Waals surface area contributed by atoms with Crippen LogP contribution >= 0.6 is 27.3 Å². The number of nitrogens with one attached hydrogen (secondary N) is 1. The standard InChI is InChI=1S/C22H18BrF3N4O2S/c1-32-21(31)30(11-13-6-3-2-4-7-13)12-18-28-29-20(33-18)17-10-15-14(19(23)22(24,25)26)8-5-9-16(15)27-17/h2-10,19,27H,11-12H2,1H3. The molecule has 0 fully saturated rings. The minimum Gasteiger partial charge on any atom is -0.453 e. The molecule has 0 saturated carbocycles. The summed E-state index contributed by atoms with van der Waals surface area (Å²) in [5, 5.41) is 9.87. The largest absolute Gasteiger partial charge is 0.453 e. The molecule has 33 heavy (non-hydrogen) atoms. The van der Waals surface area contributed by atoms with Gasteiger partial charge in [-0.1, -0.05) is 69.7 Å². The Morgan fingerprint density at radius 2 is 1.91 bits per heavy atom. The number of nitrogens with zero attached hydrogens (tertiary/aromatic N) is 3. The number of benzene rings is 2. The highest BCUT2D eigenvalue weighted by Crippen LogP contribution is 2.43. The van der Waals surface area contributed by atoms with E-state index in [1.54, 1.807) is 18.2 Å². The van der Waals surface area contributed by atoms with Gasteiger partial charge in [0.25, 0.3) is 0 Å². The predicted octanol–water partition coefficient (Wildman–Crippen LogP) is 6.45. The van der Waals surface area contributed by atoms with Crippen molar-refractivity contribution in [3.05, 3.63) is 70.7 Å². The van der Waals surface area contributed by atoms with Crippen LogP contribution in [0.4, 0.5) is 18.0 Å². The zero-order valence-electron chi connectivity index (χ0n) is 17.3. The van der Waals surface area contributed by atoms with Crippen LogP contribution in [0.3, 0.4) is 0 Å². The summed E-state index contributed by atoms with van der Waals surface area (Å²) in [7, 11) is 1.31. The smallest absolute Gasteiger partial charge is 0.410 e. The summed E-state index contributed by atoms with van der Waals surface area (Å²) in [6.45, 7) is 0.518. The number of carbonyl (C=O) groups excluding carboxylic acids is 1. The van der Waals surface area contributed by atoms with Crippen molar-refractivity contribution in [1.82, 2.24) is 20.1 Å². The van der Waals surface area contributed by atoms with E-state index in [4.69, 9.17) is 4.74 Å². The van der Waals surface area contributed by atoms with E-state index in [-0.39, 0.29) is 12.1 Å². The maximum atomic E-state index is 13.2. The van der Waals surface area contributed by atoms with Crippen molar-refractivity contribution < 1.29 is 22.7 Å². The third kappa shape index (κ3) is 5.19. The second-order valence-corrected chi connectivity index (χ2v) is 9.19. The summed E-state index contributed by atoms with van der Waals surface area (Å²) in [6, 6.07) is 15.8. The highest BCUT2D eigenvalue weighted by molar-refractivity contribution is 9.09. The van der Waals surface area contributed by atoms with Gasteiger partial charge in [-0.3, -0.25) is 4.90 Å². The van der Waals surface area contributed by atoms with Crippen molar-refractivity contribution in [2.24, 2.45) is 0 Å². The van der Waals surface area contributed by atoms with E-state index in [1.165, 1.54) is 29.4 Å². The van der Waals surface area contributed by atoms with Gasteiger partial charge in [-0.15, -0.1) is 10.2 Å². The maximum Gasteiger partial charge on any atom is 0.410 e. The summed E-state index contributed by atoms with van der Waals surface area (Å²) >= 11 is 4.01. The molecule has 1 atom stereocenters. The lowest BCUT2D eigenvalue weighted by Crippen LogP contribution is -2.29. The van der Waals surface area contributed by atoms with Crippen molar-refractivity contribution >= 4 is 44.3 Å². The number of amides is 1. The van der Waals surface area contributed by atoms with Crippen LogP contribution in [0.5, 0.6) is 0 Å². The molecule has 2 aromatic carbocycles. The average Bonchev–Trinajstić information content (AvgIpc) is 3.44. The molecule has 1 unspecified atom stereocenters. The number of fused-ring (bicyclic) bond motifs is 1. The summed E-state index contributed by atoms with van der Waals surface area (Å²) in [6.07, 6.45) is -4.92. The van der Waals surface area contributed by atoms with Gasteiger partial charge in [0.2, 0.25) is 0 Å². The fourth-order valence-electron chi connectivity index (χ4n) is 3.40. The van der Waals surface area contributed by atoms with Crippen LogP contribution in [0, 0.1) is 0 Å². The molecule has 0 radical (unpaired) electrons. The monoisotopic (exact) mass is 538 g/mol. The molecular weight excluding hydrogens is 521 g/mol. The van der Waals surface area contributed by atoms with Crippen LogP contribution in [0.15, 0.2) is 54.6 Å². The first-order chi connectivity index (χ1) is 15.8. The van der Waals surface area contributed by atoms with Crippen molar-refractivity contribution in [2.75, 3.05) is 7.11 Å². The normalized spacial score (nSPS) is 12.6. The Labute approximate surface area is 199 Å². The highest BCUT2D eigenvalue weighted by Gasteiger charge is 2.39. The second-order valence-electron chi connectivity index (χ2n) is 7.21. The number of alkyl halides is 4. The molecule has 1 N–H and O–H groups in total. The van der Waals surface area contributed by atoms with Gasteiger partial charge < -0.3 is 9.72 Å². The molecule has 0 spiro atoms. The Hall–Kier alpha value is -2.92. The summed E-state index contributed by atoms with van der Waals surface area (Å²) in [4.78, 5) is 15.1. The first kappa shape index (κ1) is 23.2. The van der Waals surface area contributed by atoms with Crippen LogP contribution in [-0.2, 0) is 17.8 Å². The number of ether oxygens (including phenoxy) is 1. The van der Waals surface area contributed by atoms with Gasteiger partial charge in [-0.2, -0.15) is 13.2 Å². The molecule has 0 aliphatic heterocycles. The van der Waals surface area contributed by atoms with E-state index in [0.29, 0.717) is 33.2 Å². The molecule has 0 aliphatic carbocycles. The Balaban J connectivity index is 1.59. The Morgan fingerprint density at radius 3 is 2.61 bits per heavy atom. The van der Waals surface area contributed by atoms with Crippen molar-refractivity contribution in [3.63, 3.8) is 0 Å². The lowest BCUT2D eigenvalue weighted by atomic mass is 10.1. The first-order valence-corrected chi connectivity index (χ1v) is 11.5. The molecule has 6 nitrogen and oxygen atoms in total. The molecular formula is C22H18BrF3N4O2S. The van der Waals surface area contributed by atoms with Crippen LogP contribution in [0.2, 0.25) is 0 Å². The first-order valence-electron chi connectivity index (χ1n) is 9.78. The second kappa shape index (κ2) is 9.52. The maximum absolute atomic E-state index is 13.2. The van der Waals surface area contributed by atoms with Gasteiger partial charge in [0, 0.05) is 17.4 Å². The third-order valence-corrected chi connectivity index (χ3v) is 6.88. The number of hydrogen-bond acceptors (Lipinski definition) is 5. The van der Waals surface area contributed by atoms with Crippen molar-refractivity contribution in [1.29, 1.82) is 0 Å². The Bertz CT molecular complexity index is 1260. The minimum absolute atomic E-state index is 0.118. The molecule has 0 aliphatic rings. The molecule has 0 saturated heterocycles. The lowest BCUT2D eigenvalue weighted by molar-refractivity contribution is -0.128. The summed E-state index contributed by atoms with van der Waals surface area (Å²) < 4.78 is 44.6. The van der Waals surface area contributed by atoms with E-state index in [2.05, 4.69) is 31.1 Å². The molecule has 172 valence electrons. The Morgan fingerprint density at radius 1 is 1.15 bits per heavy atom. The van der Waals surface area contributed by atoms with E-state index in [1.807, 2.05) is 30.3 Å². The van der Waals surface area contributed by atoms with Crippen LogP contribution in [0.1, 0.15) is 21.0 Å². The fraction of sp³-hybridized carbons (Fsp3) is 0.227. The van der Waals surface area contributed by atoms with Gasteiger partial charge in [-0.25, -0.2) is 4.79 Å². The van der Waals surface area contributed by atoms with E-state index in [9.17, 15) is 18.0 Å². The third-order valence-electron chi connectivity index (χ3n) is 4.93. The topological polar surface area (TPSA) is 71.1 Å². The minimum atomic E-state index is -4.42. The van der Waals surface area contributed by atoms with Crippen LogP contribution in [-0.4, -0.2) is 39.5 Å². The number of aromatic nitrogens is 3. The average molecular weight is 539 g/mol. The zero-order chi connectivity index (χ0) is 23.6. The molecule has 0 bridgehead atoms. The van der Waals surface area contributed by atoms with Crippen LogP contribution in [0.25, 0.3) is 21.6 Å². The van der Waals surface area contributed by atoms with E-state index >= 15 is 0 Å². The van der Waals surface area contributed by atoms with Crippen LogP contribution < -0.4 is 0 Å². The number of H-pyrrole nitrogens is 1. The van der Waals surface area contributed by atoms with Gasteiger partial charge >= 0.3 is 12.3 Å². The SMILES string of the molecule is COC(=O)N(Cc1ccccc1)Cc1nnc(-c2cc3c(C(Br)C(F)(F)F)cccc3[nH]2)s1. The van der Waals surface area contributed by atoms with Gasteiger partial charge in [-0.05, 0) is 23.3 Å². The molecule has 4 rings (SSSR count). The zero-order valence-corrected chi connectivity index (χ0v) is 19.7. The number of rotatable bonds is 6. The number of carbonyl (C=O) groups is 1. The molecule has 4 aromatic rings. The Kier molecular flexibility index (Phi) is 6.71. The van der Waals surface area contributed by atoms with Gasteiger partial charge in [0.1, 0.15) is 9.83 Å². The quantitative estimate of drug-likeness (QED) is 0.286. The highest BCUT2D eigenvalue weighted by atomic mass is 79.9. The number of hydrogen-bond donors (Lipinski definition) is 1. The molecule has 2 heterocycles. The van der Waals surface area contributed by atoms with Crippen molar-refractivity contribution in [2.45, 2.75) is 24.1 Å². The lowest BCUT2D eigenvalue weighted by Gasteiger charge is -2.19. The number of aromatic amines is 1.